The Morgan fingerprint density at radius 2 is 1.39 bits per heavy atom. The summed E-state index contributed by atoms with van der Waals surface area (Å²) in [5.41, 5.74) is 3.36. The average molecular weight is 386 g/mol. The van der Waals surface area contributed by atoms with Crippen molar-refractivity contribution in [1.82, 2.24) is 4.90 Å². The summed E-state index contributed by atoms with van der Waals surface area (Å²) in [5.74, 6) is 2.90. The molecule has 0 spiro atoms. The first-order chi connectivity index (χ1) is 13.6. The van der Waals surface area contributed by atoms with Crippen LogP contribution in [0, 0.1) is 0 Å². The van der Waals surface area contributed by atoms with Gasteiger partial charge in [0.2, 0.25) is 0 Å². The molecule has 0 N–H and O–H groups in total. The van der Waals surface area contributed by atoms with Gasteiger partial charge >= 0.3 is 0 Å². The van der Waals surface area contributed by atoms with Gasteiger partial charge in [0.25, 0.3) is 0 Å². The molecule has 0 aliphatic heterocycles. The van der Waals surface area contributed by atoms with Crippen LogP contribution in [0.2, 0.25) is 0 Å². The first-order valence-corrected chi connectivity index (χ1v) is 9.39. The third-order valence-electron chi connectivity index (χ3n) is 4.81. The molecule has 5 heteroatoms. The standard InChI is InChI=1S/C23H31NO4/c1-7-24(2)13-12-19-16-23(28-6)22(27-5)15-18(19)10-8-17-9-11-20(25-3)21(14-17)26-4/h8-11,14-16H,7,12-13H2,1-6H3/b10-8+. The van der Waals surface area contributed by atoms with E-state index >= 15 is 0 Å². The molecule has 0 saturated heterocycles. The van der Waals surface area contributed by atoms with Crippen molar-refractivity contribution in [2.24, 2.45) is 0 Å². The summed E-state index contributed by atoms with van der Waals surface area (Å²) in [6.07, 6.45) is 5.09. The van der Waals surface area contributed by atoms with Crippen molar-refractivity contribution >= 4 is 12.2 Å². The highest BCUT2D eigenvalue weighted by Gasteiger charge is 2.11. The maximum absolute atomic E-state index is 5.49. The second kappa shape index (κ2) is 10.6. The first kappa shape index (κ1) is 21.6. The Hall–Kier alpha value is -2.66. The van der Waals surface area contributed by atoms with Gasteiger partial charge in [-0.1, -0.05) is 25.1 Å². The summed E-state index contributed by atoms with van der Waals surface area (Å²) >= 11 is 0. The minimum Gasteiger partial charge on any atom is -0.493 e. The van der Waals surface area contributed by atoms with Gasteiger partial charge in [0.1, 0.15) is 0 Å². The van der Waals surface area contributed by atoms with Crippen molar-refractivity contribution in [3.8, 4) is 23.0 Å². The van der Waals surface area contributed by atoms with Crippen molar-refractivity contribution < 1.29 is 18.9 Å². The van der Waals surface area contributed by atoms with Gasteiger partial charge in [-0.05, 0) is 61.0 Å². The number of hydrogen-bond acceptors (Lipinski definition) is 5. The van der Waals surface area contributed by atoms with Gasteiger partial charge in [-0.2, -0.15) is 0 Å². The van der Waals surface area contributed by atoms with Crippen molar-refractivity contribution in [3.05, 3.63) is 47.0 Å². The van der Waals surface area contributed by atoms with Gasteiger partial charge < -0.3 is 23.8 Å². The molecule has 2 aromatic rings. The number of methoxy groups -OCH3 is 4. The van der Waals surface area contributed by atoms with Gasteiger partial charge in [-0.15, -0.1) is 0 Å². The van der Waals surface area contributed by atoms with E-state index in [0.29, 0.717) is 11.5 Å². The zero-order chi connectivity index (χ0) is 20.5. The van der Waals surface area contributed by atoms with Crippen molar-refractivity contribution in [2.45, 2.75) is 13.3 Å². The van der Waals surface area contributed by atoms with Crippen LogP contribution >= 0.6 is 0 Å². The Bertz CT molecular complexity index is 801. The van der Waals surface area contributed by atoms with E-state index in [0.717, 1.165) is 42.1 Å². The monoisotopic (exact) mass is 385 g/mol. The highest BCUT2D eigenvalue weighted by atomic mass is 16.5. The molecule has 0 aliphatic rings. The molecule has 0 aliphatic carbocycles. The molecule has 0 aromatic heterocycles. The van der Waals surface area contributed by atoms with Gasteiger partial charge in [-0.25, -0.2) is 0 Å². The Kier molecular flexibility index (Phi) is 8.20. The van der Waals surface area contributed by atoms with Gasteiger partial charge in [0, 0.05) is 6.54 Å². The fourth-order valence-corrected chi connectivity index (χ4v) is 2.92. The maximum atomic E-state index is 5.49. The molecule has 0 saturated carbocycles. The largest absolute Gasteiger partial charge is 0.493 e. The van der Waals surface area contributed by atoms with E-state index in [1.165, 1.54) is 5.56 Å². The molecule has 2 rings (SSSR count). The van der Waals surface area contributed by atoms with Crippen molar-refractivity contribution in [2.75, 3.05) is 48.6 Å². The highest BCUT2D eigenvalue weighted by Crippen LogP contribution is 2.33. The molecular weight excluding hydrogens is 354 g/mol. The number of hydrogen-bond donors (Lipinski definition) is 0. The smallest absolute Gasteiger partial charge is 0.161 e. The van der Waals surface area contributed by atoms with E-state index in [9.17, 15) is 0 Å². The summed E-state index contributed by atoms with van der Waals surface area (Å²) in [5, 5.41) is 0. The van der Waals surface area contributed by atoms with E-state index < -0.39 is 0 Å². The summed E-state index contributed by atoms with van der Waals surface area (Å²) in [7, 11) is 8.72. The summed E-state index contributed by atoms with van der Waals surface area (Å²) < 4.78 is 21.7. The predicted octanol–water partition coefficient (Wildman–Crippen LogP) is 4.39. The van der Waals surface area contributed by atoms with Crippen LogP contribution in [0.4, 0.5) is 0 Å². The molecule has 0 radical (unpaired) electrons. The summed E-state index contributed by atoms with van der Waals surface area (Å²) in [6.45, 7) is 4.15. The van der Waals surface area contributed by atoms with Gasteiger partial charge in [0.05, 0.1) is 28.4 Å². The molecule has 0 unspecified atom stereocenters. The summed E-state index contributed by atoms with van der Waals surface area (Å²) in [4.78, 5) is 2.29. The number of ether oxygens (including phenoxy) is 4. The molecule has 0 atom stereocenters. The molecule has 0 fully saturated rings. The van der Waals surface area contributed by atoms with E-state index in [-0.39, 0.29) is 0 Å². The molecule has 152 valence electrons. The van der Waals surface area contributed by atoms with Crippen LogP contribution in [0.5, 0.6) is 23.0 Å². The van der Waals surface area contributed by atoms with Crippen LogP contribution in [0.25, 0.3) is 12.2 Å². The fraction of sp³-hybridized carbons (Fsp3) is 0.391. The van der Waals surface area contributed by atoms with Crippen molar-refractivity contribution in [1.29, 1.82) is 0 Å². The zero-order valence-electron chi connectivity index (χ0n) is 17.7. The minimum atomic E-state index is 0.710. The minimum absolute atomic E-state index is 0.710. The second-order valence-electron chi connectivity index (χ2n) is 6.50. The van der Waals surface area contributed by atoms with Crippen LogP contribution in [-0.2, 0) is 6.42 Å². The topological polar surface area (TPSA) is 40.2 Å². The Morgan fingerprint density at radius 1 is 0.786 bits per heavy atom. The zero-order valence-corrected chi connectivity index (χ0v) is 17.7. The van der Waals surface area contributed by atoms with Crippen molar-refractivity contribution in [3.63, 3.8) is 0 Å². The molecule has 0 heterocycles. The quantitative estimate of drug-likeness (QED) is 0.568. The van der Waals surface area contributed by atoms with Gasteiger partial charge in [-0.3, -0.25) is 0 Å². The van der Waals surface area contributed by atoms with Crippen LogP contribution in [0.15, 0.2) is 30.3 Å². The SMILES string of the molecule is CCN(C)CCc1cc(OC)c(OC)cc1/C=C/c1ccc(OC)c(OC)c1. The lowest BCUT2D eigenvalue weighted by molar-refractivity contribution is 0.350. The number of benzene rings is 2. The Labute approximate surface area is 168 Å². The number of likely N-dealkylation sites (N-methyl/N-ethyl adjacent to an activating group) is 1. The van der Waals surface area contributed by atoms with Crippen LogP contribution in [-0.4, -0.2) is 53.5 Å². The third-order valence-corrected chi connectivity index (χ3v) is 4.81. The Morgan fingerprint density at radius 3 is 2.00 bits per heavy atom. The lowest BCUT2D eigenvalue weighted by Crippen LogP contribution is -2.20. The normalized spacial score (nSPS) is 11.1. The fourth-order valence-electron chi connectivity index (χ4n) is 2.92. The highest BCUT2D eigenvalue weighted by molar-refractivity contribution is 5.74. The first-order valence-electron chi connectivity index (χ1n) is 9.39. The average Bonchev–Trinajstić information content (AvgIpc) is 2.75. The van der Waals surface area contributed by atoms with E-state index in [1.807, 2.05) is 24.3 Å². The number of rotatable bonds is 10. The van der Waals surface area contributed by atoms with Crippen LogP contribution < -0.4 is 18.9 Å². The molecular formula is C23H31NO4. The Balaban J connectivity index is 2.37. The summed E-state index contributed by atoms with van der Waals surface area (Å²) in [6, 6.07) is 9.96. The third kappa shape index (κ3) is 5.42. The second-order valence-corrected chi connectivity index (χ2v) is 6.50. The van der Waals surface area contributed by atoms with Gasteiger partial charge in [0.15, 0.2) is 23.0 Å². The molecule has 5 nitrogen and oxygen atoms in total. The molecule has 2 aromatic carbocycles. The maximum Gasteiger partial charge on any atom is 0.161 e. The van der Waals surface area contributed by atoms with Crippen LogP contribution in [0.3, 0.4) is 0 Å². The predicted molar refractivity (Wildman–Crippen MR) is 115 cm³/mol. The molecule has 0 bridgehead atoms. The van der Waals surface area contributed by atoms with E-state index in [1.54, 1.807) is 28.4 Å². The molecule has 0 amide bonds. The molecule has 28 heavy (non-hydrogen) atoms. The van der Waals surface area contributed by atoms with E-state index in [2.05, 4.69) is 37.1 Å². The lowest BCUT2D eigenvalue weighted by Gasteiger charge is -2.17. The number of nitrogens with zero attached hydrogens (tertiary/aromatic N) is 1. The van der Waals surface area contributed by atoms with E-state index in [4.69, 9.17) is 18.9 Å². The lowest BCUT2D eigenvalue weighted by atomic mass is 10.0. The van der Waals surface area contributed by atoms with Crippen LogP contribution in [0.1, 0.15) is 23.6 Å².